The zero-order chi connectivity index (χ0) is 12.9. The predicted molar refractivity (Wildman–Crippen MR) is 63.4 cm³/mol. The van der Waals surface area contributed by atoms with Crippen LogP contribution >= 0.6 is 0 Å². The topological polar surface area (TPSA) is 93.8 Å². The van der Waals surface area contributed by atoms with Gasteiger partial charge in [0.15, 0.2) is 0 Å². The van der Waals surface area contributed by atoms with E-state index in [0.29, 0.717) is 31.6 Å². The number of primary amides is 1. The van der Waals surface area contributed by atoms with E-state index in [4.69, 9.17) is 10.5 Å². The zero-order valence-corrected chi connectivity index (χ0v) is 10.3. The first-order valence-electron chi connectivity index (χ1n) is 5.86. The first-order valence-corrected chi connectivity index (χ1v) is 5.86. The van der Waals surface area contributed by atoms with Crippen molar-refractivity contribution in [2.75, 3.05) is 6.61 Å². The molecule has 1 saturated carbocycles. The molecule has 1 rings (SSSR count). The van der Waals surface area contributed by atoms with Crippen LogP contribution in [0.5, 0.6) is 0 Å². The summed E-state index contributed by atoms with van der Waals surface area (Å²) in [7, 11) is 0. The molecule has 96 valence electrons. The molecule has 0 aromatic heterocycles. The smallest absolute Gasteiger partial charge is 0.332 e. The summed E-state index contributed by atoms with van der Waals surface area (Å²) in [6, 6.07) is -0.724. The van der Waals surface area contributed by atoms with Gasteiger partial charge in [0.2, 0.25) is 0 Å². The molecule has 1 fully saturated rings. The van der Waals surface area contributed by atoms with Gasteiger partial charge in [-0.15, -0.1) is 0 Å². The SMILES string of the molecule is CCOC(=O)[C@]1(CC)CCC/C1=N/NC(N)=O. The van der Waals surface area contributed by atoms with Gasteiger partial charge in [0.25, 0.3) is 0 Å². The van der Waals surface area contributed by atoms with E-state index in [0.717, 1.165) is 6.42 Å². The van der Waals surface area contributed by atoms with Crippen LogP contribution in [-0.4, -0.2) is 24.3 Å². The van der Waals surface area contributed by atoms with Gasteiger partial charge in [0, 0.05) is 0 Å². The molecule has 1 aliphatic rings. The lowest BCUT2D eigenvalue weighted by molar-refractivity contribution is -0.151. The second-order valence-electron chi connectivity index (χ2n) is 4.04. The van der Waals surface area contributed by atoms with Gasteiger partial charge in [-0.2, -0.15) is 5.10 Å². The number of urea groups is 1. The molecule has 6 nitrogen and oxygen atoms in total. The van der Waals surface area contributed by atoms with Gasteiger partial charge >= 0.3 is 12.0 Å². The summed E-state index contributed by atoms with van der Waals surface area (Å²) in [5.74, 6) is -0.259. The molecule has 0 radical (unpaired) electrons. The van der Waals surface area contributed by atoms with E-state index in [1.807, 2.05) is 6.92 Å². The largest absolute Gasteiger partial charge is 0.465 e. The van der Waals surface area contributed by atoms with Crippen LogP contribution in [0, 0.1) is 5.41 Å². The van der Waals surface area contributed by atoms with Gasteiger partial charge in [0.05, 0.1) is 12.3 Å². The summed E-state index contributed by atoms with van der Waals surface area (Å²) in [6.07, 6.45) is 2.88. The summed E-state index contributed by atoms with van der Waals surface area (Å²) in [4.78, 5) is 22.6. The Kier molecular flexibility index (Phi) is 4.48. The molecule has 0 aromatic rings. The predicted octanol–water partition coefficient (Wildman–Crippen LogP) is 1.15. The van der Waals surface area contributed by atoms with Crippen LogP contribution in [0.1, 0.15) is 39.5 Å². The van der Waals surface area contributed by atoms with Crippen molar-refractivity contribution in [3.05, 3.63) is 0 Å². The van der Waals surface area contributed by atoms with Crippen LogP contribution in [0.2, 0.25) is 0 Å². The minimum atomic E-state index is -0.724. The maximum absolute atomic E-state index is 12.0. The first-order chi connectivity index (χ1) is 8.06. The number of nitrogens with one attached hydrogen (secondary N) is 1. The summed E-state index contributed by atoms with van der Waals surface area (Å²) in [5.41, 5.74) is 7.14. The lowest BCUT2D eigenvalue weighted by Crippen LogP contribution is -2.38. The van der Waals surface area contributed by atoms with Crippen molar-refractivity contribution in [1.82, 2.24) is 5.43 Å². The van der Waals surface area contributed by atoms with Crippen molar-refractivity contribution in [2.24, 2.45) is 16.3 Å². The molecule has 2 amide bonds. The van der Waals surface area contributed by atoms with E-state index >= 15 is 0 Å². The van der Waals surface area contributed by atoms with Crippen LogP contribution in [0.15, 0.2) is 5.10 Å². The Morgan fingerprint density at radius 3 is 2.76 bits per heavy atom. The van der Waals surface area contributed by atoms with Gasteiger partial charge < -0.3 is 10.5 Å². The van der Waals surface area contributed by atoms with Crippen molar-refractivity contribution in [2.45, 2.75) is 39.5 Å². The lowest BCUT2D eigenvalue weighted by Gasteiger charge is -2.25. The highest BCUT2D eigenvalue weighted by Crippen LogP contribution is 2.39. The number of ether oxygens (including phenoxy) is 1. The summed E-state index contributed by atoms with van der Waals surface area (Å²) < 4.78 is 5.09. The first kappa shape index (κ1) is 13.5. The fourth-order valence-corrected chi connectivity index (χ4v) is 2.24. The number of esters is 1. The minimum Gasteiger partial charge on any atom is -0.465 e. The molecule has 0 heterocycles. The highest BCUT2D eigenvalue weighted by Gasteiger charge is 2.46. The Hall–Kier alpha value is -1.59. The maximum Gasteiger partial charge on any atom is 0.332 e. The zero-order valence-electron chi connectivity index (χ0n) is 10.3. The number of carbonyl (C=O) groups excluding carboxylic acids is 2. The Morgan fingerprint density at radius 1 is 1.53 bits per heavy atom. The number of carbonyl (C=O) groups is 2. The Balaban J connectivity index is 2.92. The molecule has 17 heavy (non-hydrogen) atoms. The molecule has 1 aliphatic carbocycles. The minimum absolute atomic E-state index is 0.259. The van der Waals surface area contributed by atoms with E-state index in [1.165, 1.54) is 0 Å². The fraction of sp³-hybridized carbons (Fsp3) is 0.727. The highest BCUT2D eigenvalue weighted by molar-refractivity contribution is 6.08. The third-order valence-electron chi connectivity index (χ3n) is 3.14. The van der Waals surface area contributed by atoms with Crippen LogP contribution in [-0.2, 0) is 9.53 Å². The Labute approximate surface area is 101 Å². The van der Waals surface area contributed by atoms with Crippen molar-refractivity contribution in [3.63, 3.8) is 0 Å². The number of hydrazone groups is 1. The summed E-state index contributed by atoms with van der Waals surface area (Å²) in [6.45, 7) is 4.04. The van der Waals surface area contributed by atoms with E-state index in [1.54, 1.807) is 6.92 Å². The van der Waals surface area contributed by atoms with Crippen LogP contribution in [0.4, 0.5) is 4.79 Å². The van der Waals surface area contributed by atoms with Crippen molar-refractivity contribution < 1.29 is 14.3 Å². The molecule has 3 N–H and O–H groups in total. The molecule has 0 bridgehead atoms. The molecule has 0 unspecified atom stereocenters. The molecule has 0 spiro atoms. The molecule has 1 atom stereocenters. The van der Waals surface area contributed by atoms with Crippen molar-refractivity contribution in [3.8, 4) is 0 Å². The highest BCUT2D eigenvalue weighted by atomic mass is 16.5. The van der Waals surface area contributed by atoms with Gasteiger partial charge in [-0.1, -0.05) is 6.92 Å². The van der Waals surface area contributed by atoms with E-state index in [-0.39, 0.29) is 5.97 Å². The van der Waals surface area contributed by atoms with Gasteiger partial charge in [-0.3, -0.25) is 4.79 Å². The van der Waals surface area contributed by atoms with Crippen LogP contribution < -0.4 is 11.2 Å². The Bertz CT molecular complexity index is 341. The standard InChI is InChI=1S/C11H19N3O3/c1-3-11(9(15)17-4-2)7-5-6-8(11)13-14-10(12)16/h3-7H2,1-2H3,(H3,12,14,16)/b13-8-/t11-/m1/s1. The quantitative estimate of drug-likeness (QED) is 0.571. The summed E-state index contributed by atoms with van der Waals surface area (Å²) in [5, 5.41) is 3.94. The number of nitrogens with zero attached hydrogens (tertiary/aromatic N) is 1. The van der Waals surface area contributed by atoms with Gasteiger partial charge in [0.1, 0.15) is 5.41 Å². The molecule has 0 aliphatic heterocycles. The normalized spacial score (nSPS) is 25.9. The van der Waals surface area contributed by atoms with Gasteiger partial charge in [-0.05, 0) is 32.6 Å². The average molecular weight is 241 g/mol. The molecule has 0 saturated heterocycles. The number of hydrogen-bond acceptors (Lipinski definition) is 4. The monoisotopic (exact) mass is 241 g/mol. The van der Waals surface area contributed by atoms with Crippen LogP contribution in [0.3, 0.4) is 0 Å². The van der Waals surface area contributed by atoms with E-state index in [2.05, 4.69) is 10.5 Å². The van der Waals surface area contributed by atoms with Crippen LogP contribution in [0.25, 0.3) is 0 Å². The number of rotatable bonds is 4. The Morgan fingerprint density at radius 2 is 2.24 bits per heavy atom. The maximum atomic E-state index is 12.0. The lowest BCUT2D eigenvalue weighted by atomic mass is 9.82. The third-order valence-corrected chi connectivity index (χ3v) is 3.14. The fourth-order valence-electron chi connectivity index (χ4n) is 2.24. The number of hydrogen-bond donors (Lipinski definition) is 2. The van der Waals surface area contributed by atoms with Crippen molar-refractivity contribution in [1.29, 1.82) is 0 Å². The number of amides is 2. The van der Waals surface area contributed by atoms with E-state index < -0.39 is 11.4 Å². The second kappa shape index (κ2) is 5.65. The third kappa shape index (κ3) is 2.75. The van der Waals surface area contributed by atoms with E-state index in [9.17, 15) is 9.59 Å². The van der Waals surface area contributed by atoms with Crippen molar-refractivity contribution >= 4 is 17.7 Å². The molecule has 6 heteroatoms. The number of nitrogens with two attached hydrogens (primary N) is 1. The second-order valence-corrected chi connectivity index (χ2v) is 4.04. The van der Waals surface area contributed by atoms with Gasteiger partial charge in [-0.25, -0.2) is 10.2 Å². The summed E-state index contributed by atoms with van der Waals surface area (Å²) >= 11 is 0. The molecular weight excluding hydrogens is 222 g/mol. The molecular formula is C11H19N3O3. The molecule has 0 aromatic carbocycles. The average Bonchev–Trinajstić information content (AvgIpc) is 2.70.